The Bertz CT molecular complexity index is 578. The van der Waals surface area contributed by atoms with Gasteiger partial charge < -0.3 is 15.8 Å². The van der Waals surface area contributed by atoms with Gasteiger partial charge in [-0.25, -0.2) is 0 Å². The highest BCUT2D eigenvalue weighted by Gasteiger charge is 2.03. The van der Waals surface area contributed by atoms with Gasteiger partial charge in [-0.15, -0.1) is 0 Å². The van der Waals surface area contributed by atoms with E-state index in [9.17, 15) is 4.79 Å². The molecular weight excluding hydrogens is 268 g/mol. The van der Waals surface area contributed by atoms with Crippen LogP contribution in [0.15, 0.2) is 36.5 Å². The second-order valence-electron chi connectivity index (χ2n) is 4.72. The molecule has 1 heterocycles. The largest absolute Gasteiger partial charge is 0.484 e. The molecule has 0 aliphatic carbocycles. The first kappa shape index (κ1) is 15.1. The number of nitrogens with zero attached hydrogens (tertiary/aromatic N) is 2. The van der Waals surface area contributed by atoms with E-state index in [4.69, 9.17) is 10.5 Å². The number of amides is 1. The maximum absolute atomic E-state index is 11.7. The lowest BCUT2D eigenvalue weighted by Gasteiger charge is -2.07. The summed E-state index contributed by atoms with van der Waals surface area (Å²) < 4.78 is 7.14. The molecule has 0 bridgehead atoms. The second kappa shape index (κ2) is 7.44. The molecule has 0 radical (unpaired) electrons. The van der Waals surface area contributed by atoms with Crippen molar-refractivity contribution in [3.63, 3.8) is 0 Å². The minimum atomic E-state index is -0.145. The molecular formula is C15H20N4O2. The Morgan fingerprint density at radius 1 is 1.33 bits per heavy atom. The van der Waals surface area contributed by atoms with Crippen molar-refractivity contribution in [2.24, 2.45) is 12.8 Å². The molecule has 112 valence electrons. The lowest BCUT2D eigenvalue weighted by atomic mass is 10.2. The monoisotopic (exact) mass is 288 g/mol. The van der Waals surface area contributed by atoms with Crippen LogP contribution in [0.4, 0.5) is 0 Å². The van der Waals surface area contributed by atoms with Crippen LogP contribution < -0.4 is 15.8 Å². The van der Waals surface area contributed by atoms with Gasteiger partial charge >= 0.3 is 0 Å². The first-order valence-corrected chi connectivity index (χ1v) is 6.84. The summed E-state index contributed by atoms with van der Waals surface area (Å²) in [6.07, 6.45) is 2.59. The fourth-order valence-corrected chi connectivity index (χ4v) is 1.85. The molecule has 3 N–H and O–H groups in total. The second-order valence-corrected chi connectivity index (χ2v) is 4.72. The van der Waals surface area contributed by atoms with E-state index in [0.29, 0.717) is 25.3 Å². The number of aromatic nitrogens is 2. The third-order valence-corrected chi connectivity index (χ3v) is 3.00. The number of hydrogen-bond acceptors (Lipinski definition) is 4. The first-order valence-electron chi connectivity index (χ1n) is 6.84. The van der Waals surface area contributed by atoms with Crippen LogP contribution in [0.3, 0.4) is 0 Å². The summed E-state index contributed by atoms with van der Waals surface area (Å²) in [6, 6.07) is 9.32. The van der Waals surface area contributed by atoms with Crippen LogP contribution in [0.25, 0.3) is 0 Å². The van der Waals surface area contributed by atoms with Gasteiger partial charge in [0, 0.05) is 32.8 Å². The van der Waals surface area contributed by atoms with E-state index in [0.717, 1.165) is 11.3 Å². The van der Waals surface area contributed by atoms with Crippen LogP contribution >= 0.6 is 0 Å². The standard InChI is InChI=1S/C15H20N4O2/c1-19-9-7-13(18-19)6-8-17-15(20)11-21-14-4-2-12(10-16)3-5-14/h2-5,7,9H,6,8,10-11,16H2,1H3,(H,17,20). The summed E-state index contributed by atoms with van der Waals surface area (Å²) in [6.45, 7) is 1.05. The molecule has 6 nitrogen and oxygen atoms in total. The molecule has 0 unspecified atom stereocenters. The predicted octanol–water partition coefficient (Wildman–Crippen LogP) is 0.616. The summed E-state index contributed by atoms with van der Waals surface area (Å²) >= 11 is 0. The Kier molecular flexibility index (Phi) is 5.34. The SMILES string of the molecule is Cn1ccc(CCNC(=O)COc2ccc(CN)cc2)n1. The molecule has 0 fully saturated rings. The van der Waals surface area contributed by atoms with Crippen LogP contribution in [-0.4, -0.2) is 28.8 Å². The van der Waals surface area contributed by atoms with Crippen LogP contribution in [0.1, 0.15) is 11.3 Å². The number of nitrogens with two attached hydrogens (primary N) is 1. The molecule has 0 aliphatic heterocycles. The van der Waals surface area contributed by atoms with E-state index >= 15 is 0 Å². The summed E-state index contributed by atoms with van der Waals surface area (Å²) in [5.41, 5.74) is 7.50. The Labute approximate surface area is 123 Å². The predicted molar refractivity (Wildman–Crippen MR) is 79.8 cm³/mol. The molecule has 1 amide bonds. The number of aryl methyl sites for hydroxylation is 1. The molecule has 0 saturated heterocycles. The molecule has 0 aliphatic rings. The lowest BCUT2D eigenvalue weighted by molar-refractivity contribution is -0.123. The summed E-state index contributed by atoms with van der Waals surface area (Å²) in [7, 11) is 1.87. The quantitative estimate of drug-likeness (QED) is 0.782. The Morgan fingerprint density at radius 3 is 2.71 bits per heavy atom. The van der Waals surface area contributed by atoms with Crippen molar-refractivity contribution in [3.05, 3.63) is 47.8 Å². The fourth-order valence-electron chi connectivity index (χ4n) is 1.85. The smallest absolute Gasteiger partial charge is 0.257 e. The minimum Gasteiger partial charge on any atom is -0.484 e. The maximum atomic E-state index is 11.7. The third-order valence-electron chi connectivity index (χ3n) is 3.00. The summed E-state index contributed by atoms with van der Waals surface area (Å²) in [5, 5.41) is 7.04. The van der Waals surface area contributed by atoms with Crippen molar-refractivity contribution < 1.29 is 9.53 Å². The van der Waals surface area contributed by atoms with Gasteiger partial charge in [0.2, 0.25) is 0 Å². The lowest BCUT2D eigenvalue weighted by Crippen LogP contribution is -2.30. The molecule has 1 aromatic carbocycles. The van der Waals surface area contributed by atoms with Crippen molar-refractivity contribution in [2.75, 3.05) is 13.2 Å². The molecule has 0 atom stereocenters. The van der Waals surface area contributed by atoms with Crippen molar-refractivity contribution in [3.8, 4) is 5.75 Å². The van der Waals surface area contributed by atoms with Gasteiger partial charge in [0.1, 0.15) is 5.75 Å². The number of carbonyl (C=O) groups is 1. The number of nitrogens with one attached hydrogen (secondary N) is 1. The summed E-state index contributed by atoms with van der Waals surface area (Å²) in [5.74, 6) is 0.515. The first-order chi connectivity index (χ1) is 10.2. The Morgan fingerprint density at radius 2 is 2.10 bits per heavy atom. The average Bonchev–Trinajstić information content (AvgIpc) is 2.91. The van der Waals surface area contributed by atoms with Crippen molar-refractivity contribution in [2.45, 2.75) is 13.0 Å². The van der Waals surface area contributed by atoms with Crippen LogP contribution in [-0.2, 0) is 24.8 Å². The zero-order valence-electron chi connectivity index (χ0n) is 12.1. The molecule has 0 spiro atoms. The fraction of sp³-hybridized carbons (Fsp3) is 0.333. The molecule has 2 aromatic rings. The van der Waals surface area contributed by atoms with Crippen molar-refractivity contribution in [1.29, 1.82) is 0 Å². The maximum Gasteiger partial charge on any atom is 0.257 e. The minimum absolute atomic E-state index is 0.00416. The summed E-state index contributed by atoms with van der Waals surface area (Å²) in [4.78, 5) is 11.7. The van der Waals surface area contributed by atoms with E-state index in [1.165, 1.54) is 0 Å². The number of hydrogen-bond donors (Lipinski definition) is 2. The van der Waals surface area contributed by atoms with Gasteiger partial charge in [-0.3, -0.25) is 9.48 Å². The van der Waals surface area contributed by atoms with Crippen LogP contribution in [0.5, 0.6) is 5.75 Å². The van der Waals surface area contributed by atoms with Gasteiger partial charge in [0.15, 0.2) is 6.61 Å². The topological polar surface area (TPSA) is 82.2 Å². The number of ether oxygens (including phenoxy) is 1. The number of benzene rings is 1. The molecule has 2 rings (SSSR count). The Hall–Kier alpha value is -2.34. The zero-order chi connectivity index (χ0) is 15.1. The van der Waals surface area contributed by atoms with E-state index in [1.54, 1.807) is 4.68 Å². The number of carbonyl (C=O) groups excluding carboxylic acids is 1. The Balaban J connectivity index is 1.67. The average molecular weight is 288 g/mol. The van der Waals surface area contributed by atoms with Crippen molar-refractivity contribution >= 4 is 5.91 Å². The molecule has 6 heteroatoms. The molecule has 21 heavy (non-hydrogen) atoms. The highest BCUT2D eigenvalue weighted by Crippen LogP contribution is 2.11. The third kappa shape index (κ3) is 4.92. The van der Waals surface area contributed by atoms with Gasteiger partial charge in [-0.05, 0) is 23.8 Å². The van der Waals surface area contributed by atoms with Gasteiger partial charge in [-0.1, -0.05) is 12.1 Å². The van der Waals surface area contributed by atoms with Gasteiger partial charge in [0.25, 0.3) is 5.91 Å². The van der Waals surface area contributed by atoms with E-state index in [2.05, 4.69) is 10.4 Å². The van der Waals surface area contributed by atoms with Crippen molar-refractivity contribution in [1.82, 2.24) is 15.1 Å². The molecule has 0 saturated carbocycles. The highest BCUT2D eigenvalue weighted by atomic mass is 16.5. The van der Waals surface area contributed by atoms with E-state index < -0.39 is 0 Å². The highest BCUT2D eigenvalue weighted by molar-refractivity contribution is 5.77. The zero-order valence-corrected chi connectivity index (χ0v) is 12.1. The van der Waals surface area contributed by atoms with Gasteiger partial charge in [-0.2, -0.15) is 5.10 Å². The number of rotatable bonds is 7. The molecule has 1 aromatic heterocycles. The van der Waals surface area contributed by atoms with Gasteiger partial charge in [0.05, 0.1) is 5.69 Å². The van der Waals surface area contributed by atoms with Crippen LogP contribution in [0.2, 0.25) is 0 Å². The van der Waals surface area contributed by atoms with E-state index in [1.807, 2.05) is 43.6 Å². The van der Waals surface area contributed by atoms with E-state index in [-0.39, 0.29) is 12.5 Å². The normalized spacial score (nSPS) is 10.4. The van der Waals surface area contributed by atoms with Crippen LogP contribution in [0, 0.1) is 0 Å².